The Morgan fingerprint density at radius 3 is 2.16 bits per heavy atom. The molecule has 0 N–H and O–H groups in total. The minimum absolute atomic E-state index is 0.0195. The van der Waals surface area contributed by atoms with E-state index < -0.39 is 22.1 Å². The predicted octanol–water partition coefficient (Wildman–Crippen LogP) is 2.37. The van der Waals surface area contributed by atoms with E-state index in [2.05, 4.69) is 0 Å². The molecule has 0 radical (unpaired) electrons. The van der Waals surface area contributed by atoms with E-state index >= 15 is 0 Å². The maximum atomic E-state index is 12.3. The molecule has 0 aromatic heterocycles. The molecule has 6 nitrogen and oxygen atoms in total. The van der Waals surface area contributed by atoms with E-state index in [0.717, 1.165) is 4.31 Å². The number of esters is 1. The Morgan fingerprint density at radius 2 is 1.56 bits per heavy atom. The molecule has 7 heteroatoms. The second-order valence-electron chi connectivity index (χ2n) is 5.59. The van der Waals surface area contributed by atoms with E-state index in [1.807, 2.05) is 0 Å². The summed E-state index contributed by atoms with van der Waals surface area (Å²) >= 11 is 0. The summed E-state index contributed by atoms with van der Waals surface area (Å²) in [6.07, 6.45) is -0.982. The van der Waals surface area contributed by atoms with Gasteiger partial charge in [0.15, 0.2) is 6.10 Å². The molecule has 0 fully saturated rings. The fourth-order valence-electron chi connectivity index (χ4n) is 2.11. The number of rotatable bonds is 6. The van der Waals surface area contributed by atoms with Crippen LogP contribution in [0.15, 0.2) is 59.5 Å². The minimum Gasteiger partial charge on any atom is -0.451 e. The Hall–Kier alpha value is -2.51. The van der Waals surface area contributed by atoms with Gasteiger partial charge in [-0.25, -0.2) is 17.5 Å². The van der Waals surface area contributed by atoms with Crippen LogP contribution in [0.4, 0.5) is 0 Å². The SMILES string of the molecule is CC(OC(=O)c1cccc(S(=O)(=O)N(C)C)c1)C(=O)c1ccccc1. The fourth-order valence-corrected chi connectivity index (χ4v) is 3.06. The van der Waals surface area contributed by atoms with Crippen LogP contribution < -0.4 is 0 Å². The quantitative estimate of drug-likeness (QED) is 0.583. The van der Waals surface area contributed by atoms with Crippen LogP contribution in [0.1, 0.15) is 27.6 Å². The highest BCUT2D eigenvalue weighted by atomic mass is 32.2. The van der Waals surface area contributed by atoms with Gasteiger partial charge in [-0.15, -0.1) is 0 Å². The zero-order valence-corrected chi connectivity index (χ0v) is 15.0. The molecule has 0 aliphatic rings. The molecular weight excluding hydrogens is 342 g/mol. The largest absolute Gasteiger partial charge is 0.451 e. The molecule has 0 heterocycles. The first kappa shape index (κ1) is 18.8. The zero-order chi connectivity index (χ0) is 18.6. The summed E-state index contributed by atoms with van der Waals surface area (Å²) in [6.45, 7) is 1.48. The second kappa shape index (κ2) is 7.58. The third-order valence-electron chi connectivity index (χ3n) is 3.56. The van der Waals surface area contributed by atoms with Crippen molar-refractivity contribution in [3.05, 3.63) is 65.7 Å². The predicted molar refractivity (Wildman–Crippen MR) is 93.0 cm³/mol. The molecule has 0 bridgehead atoms. The van der Waals surface area contributed by atoms with Crippen LogP contribution in [0.2, 0.25) is 0 Å². The van der Waals surface area contributed by atoms with Gasteiger partial charge >= 0.3 is 5.97 Å². The summed E-state index contributed by atoms with van der Waals surface area (Å²) in [4.78, 5) is 24.5. The minimum atomic E-state index is -3.66. The van der Waals surface area contributed by atoms with Crippen molar-refractivity contribution in [1.82, 2.24) is 4.31 Å². The van der Waals surface area contributed by atoms with Crippen molar-refractivity contribution >= 4 is 21.8 Å². The number of hydrogen-bond acceptors (Lipinski definition) is 5. The van der Waals surface area contributed by atoms with Crippen molar-refractivity contribution < 1.29 is 22.7 Å². The molecule has 0 saturated heterocycles. The van der Waals surface area contributed by atoms with Crippen LogP contribution in [0, 0.1) is 0 Å². The first-order valence-electron chi connectivity index (χ1n) is 7.56. The Kier molecular flexibility index (Phi) is 5.71. The molecule has 0 saturated carbocycles. The summed E-state index contributed by atoms with van der Waals surface area (Å²) in [6, 6.07) is 14.0. The smallest absolute Gasteiger partial charge is 0.338 e. The van der Waals surface area contributed by atoms with Crippen LogP contribution in [-0.4, -0.2) is 44.7 Å². The van der Waals surface area contributed by atoms with E-state index in [-0.39, 0.29) is 16.2 Å². The van der Waals surface area contributed by atoms with Gasteiger partial charge in [-0.1, -0.05) is 36.4 Å². The Morgan fingerprint density at radius 1 is 0.960 bits per heavy atom. The van der Waals surface area contributed by atoms with Gasteiger partial charge in [-0.05, 0) is 25.1 Å². The van der Waals surface area contributed by atoms with Crippen LogP contribution in [0.5, 0.6) is 0 Å². The van der Waals surface area contributed by atoms with E-state index in [1.54, 1.807) is 30.3 Å². The Balaban J connectivity index is 2.18. The molecular formula is C18H19NO5S. The maximum Gasteiger partial charge on any atom is 0.338 e. The van der Waals surface area contributed by atoms with Crippen molar-refractivity contribution in [1.29, 1.82) is 0 Å². The molecule has 2 aromatic carbocycles. The Bertz CT molecular complexity index is 875. The lowest BCUT2D eigenvalue weighted by Crippen LogP contribution is -2.25. The lowest BCUT2D eigenvalue weighted by molar-refractivity contribution is 0.0318. The lowest BCUT2D eigenvalue weighted by Gasteiger charge is -2.14. The van der Waals surface area contributed by atoms with Crippen molar-refractivity contribution in [2.75, 3.05) is 14.1 Å². The number of hydrogen-bond donors (Lipinski definition) is 0. The molecule has 25 heavy (non-hydrogen) atoms. The van der Waals surface area contributed by atoms with Crippen LogP contribution in [-0.2, 0) is 14.8 Å². The van der Waals surface area contributed by atoms with Crippen LogP contribution in [0.25, 0.3) is 0 Å². The van der Waals surface area contributed by atoms with Gasteiger partial charge in [0, 0.05) is 19.7 Å². The first-order valence-corrected chi connectivity index (χ1v) is 9.00. The number of ether oxygens (including phenoxy) is 1. The van der Waals surface area contributed by atoms with Crippen LogP contribution in [0.3, 0.4) is 0 Å². The molecule has 2 rings (SSSR count). The molecule has 1 atom stereocenters. The average Bonchev–Trinajstić information content (AvgIpc) is 2.61. The van der Waals surface area contributed by atoms with Gasteiger partial charge in [0.2, 0.25) is 15.8 Å². The van der Waals surface area contributed by atoms with E-state index in [9.17, 15) is 18.0 Å². The third kappa shape index (κ3) is 4.32. The summed E-state index contributed by atoms with van der Waals surface area (Å²) in [7, 11) is -0.855. The van der Waals surface area contributed by atoms with Crippen molar-refractivity contribution in [3.63, 3.8) is 0 Å². The van der Waals surface area contributed by atoms with E-state index in [1.165, 1.54) is 45.3 Å². The number of Topliss-reactive ketones (excluding diaryl/α,β-unsaturated/α-hetero) is 1. The van der Waals surface area contributed by atoms with Gasteiger partial charge in [0.25, 0.3) is 0 Å². The Labute approximate surface area is 147 Å². The van der Waals surface area contributed by atoms with Crippen molar-refractivity contribution in [2.45, 2.75) is 17.9 Å². The number of carbonyl (C=O) groups is 2. The third-order valence-corrected chi connectivity index (χ3v) is 5.37. The van der Waals surface area contributed by atoms with E-state index in [4.69, 9.17) is 4.74 Å². The zero-order valence-electron chi connectivity index (χ0n) is 14.2. The summed E-state index contributed by atoms with van der Waals surface area (Å²) in [5.74, 6) is -1.08. The number of benzene rings is 2. The first-order chi connectivity index (χ1) is 11.7. The van der Waals surface area contributed by atoms with E-state index in [0.29, 0.717) is 5.56 Å². The molecule has 0 aliphatic heterocycles. The number of nitrogens with zero attached hydrogens (tertiary/aromatic N) is 1. The molecule has 2 aromatic rings. The van der Waals surface area contributed by atoms with Gasteiger partial charge in [0.05, 0.1) is 10.5 Å². The fraction of sp³-hybridized carbons (Fsp3) is 0.222. The highest BCUT2D eigenvalue weighted by Gasteiger charge is 2.22. The molecule has 0 amide bonds. The average molecular weight is 361 g/mol. The van der Waals surface area contributed by atoms with Crippen molar-refractivity contribution in [2.24, 2.45) is 0 Å². The summed E-state index contributed by atoms with van der Waals surface area (Å²) < 4.78 is 30.5. The normalized spacial score (nSPS) is 12.6. The van der Waals surface area contributed by atoms with Gasteiger partial charge in [-0.3, -0.25) is 4.79 Å². The lowest BCUT2D eigenvalue weighted by atomic mass is 10.1. The molecule has 0 spiro atoms. The number of sulfonamides is 1. The summed E-state index contributed by atoms with van der Waals surface area (Å²) in [5, 5.41) is 0. The monoisotopic (exact) mass is 361 g/mol. The summed E-state index contributed by atoms with van der Waals surface area (Å²) in [5.41, 5.74) is 0.502. The van der Waals surface area contributed by atoms with Gasteiger partial charge < -0.3 is 4.74 Å². The number of ketones is 1. The molecule has 132 valence electrons. The molecule has 1 unspecified atom stereocenters. The second-order valence-corrected chi connectivity index (χ2v) is 7.74. The van der Waals surface area contributed by atoms with Crippen molar-refractivity contribution in [3.8, 4) is 0 Å². The topological polar surface area (TPSA) is 80.8 Å². The number of carbonyl (C=O) groups excluding carboxylic acids is 2. The van der Waals surface area contributed by atoms with Crippen LogP contribution >= 0.6 is 0 Å². The van der Waals surface area contributed by atoms with Gasteiger partial charge in [0.1, 0.15) is 0 Å². The maximum absolute atomic E-state index is 12.3. The van der Waals surface area contributed by atoms with Gasteiger partial charge in [-0.2, -0.15) is 0 Å². The molecule has 0 aliphatic carbocycles. The highest BCUT2D eigenvalue weighted by Crippen LogP contribution is 2.16. The standard InChI is InChI=1S/C18H19NO5S/c1-13(17(20)14-8-5-4-6-9-14)24-18(21)15-10-7-11-16(12-15)25(22,23)19(2)3/h4-13H,1-3H3. The highest BCUT2D eigenvalue weighted by molar-refractivity contribution is 7.89.